The number of hydrogen-bond donors (Lipinski definition) is 1. The van der Waals surface area contributed by atoms with Crippen molar-refractivity contribution in [2.24, 2.45) is 0 Å². The monoisotopic (exact) mass is 238 g/mol. The molecule has 0 radical (unpaired) electrons. The average molecular weight is 238 g/mol. The number of hydrogen-bond acceptors (Lipinski definition) is 2. The van der Waals surface area contributed by atoms with Crippen molar-refractivity contribution < 1.29 is 4.79 Å². The van der Waals surface area contributed by atoms with Gasteiger partial charge in [0.05, 0.1) is 11.7 Å². The fourth-order valence-electron chi connectivity index (χ4n) is 3.11. The summed E-state index contributed by atoms with van der Waals surface area (Å²) in [6.45, 7) is 6.57. The van der Waals surface area contributed by atoms with Gasteiger partial charge in [-0.1, -0.05) is 33.1 Å². The van der Waals surface area contributed by atoms with E-state index in [1.165, 1.54) is 12.8 Å². The first-order valence-corrected chi connectivity index (χ1v) is 7.25. The number of carbonyl (C=O) groups excluding carboxylic acids is 1. The van der Waals surface area contributed by atoms with E-state index in [1.54, 1.807) is 0 Å². The highest BCUT2D eigenvalue weighted by molar-refractivity contribution is 5.92. The maximum absolute atomic E-state index is 12.4. The Labute approximate surface area is 105 Å². The van der Waals surface area contributed by atoms with Crippen molar-refractivity contribution in [3.63, 3.8) is 0 Å². The first kappa shape index (κ1) is 12.9. The molecule has 3 nitrogen and oxygen atoms in total. The average Bonchev–Trinajstić information content (AvgIpc) is 3.01. The quantitative estimate of drug-likeness (QED) is 0.771. The molecule has 0 aromatic heterocycles. The molecule has 1 saturated heterocycles. The molecular weight excluding hydrogens is 212 g/mol. The Morgan fingerprint density at radius 3 is 2.53 bits per heavy atom. The predicted molar refractivity (Wildman–Crippen MR) is 69.6 cm³/mol. The highest BCUT2D eigenvalue weighted by atomic mass is 16.2. The molecule has 0 aromatic carbocycles. The fourth-order valence-corrected chi connectivity index (χ4v) is 3.11. The number of carbonyl (C=O) groups is 1. The van der Waals surface area contributed by atoms with Crippen molar-refractivity contribution >= 4 is 5.91 Å². The largest absolute Gasteiger partial charge is 0.323 e. The molecule has 1 spiro atoms. The minimum Gasteiger partial charge on any atom is -0.323 e. The fraction of sp³-hybridized carbons (Fsp3) is 0.929. The Bertz CT molecular complexity index is 286. The molecule has 1 aliphatic heterocycles. The van der Waals surface area contributed by atoms with E-state index >= 15 is 0 Å². The third-order valence-corrected chi connectivity index (χ3v) is 4.20. The van der Waals surface area contributed by atoms with Crippen LogP contribution >= 0.6 is 0 Å². The van der Waals surface area contributed by atoms with Crippen molar-refractivity contribution in [2.45, 2.75) is 83.5 Å². The van der Waals surface area contributed by atoms with Gasteiger partial charge in [0.25, 0.3) is 0 Å². The van der Waals surface area contributed by atoms with Gasteiger partial charge in [-0.05, 0) is 32.6 Å². The molecule has 1 N–H and O–H groups in total. The van der Waals surface area contributed by atoms with Crippen LogP contribution in [0.25, 0.3) is 0 Å². The van der Waals surface area contributed by atoms with Gasteiger partial charge in [0.15, 0.2) is 0 Å². The van der Waals surface area contributed by atoms with Crippen LogP contribution in [0.1, 0.15) is 65.7 Å². The molecule has 2 fully saturated rings. The van der Waals surface area contributed by atoms with E-state index in [9.17, 15) is 4.79 Å². The lowest BCUT2D eigenvalue weighted by Gasteiger charge is -2.31. The highest BCUT2D eigenvalue weighted by Gasteiger charge is 2.58. The Morgan fingerprint density at radius 1 is 1.35 bits per heavy atom. The van der Waals surface area contributed by atoms with Crippen LogP contribution in [-0.4, -0.2) is 28.6 Å². The standard InChI is InChI=1S/C14H26N2O/c1-4-6-8-12(7-5-2)16-11(3)15-14(9-10-14)13(16)17/h11-12,15H,4-10H2,1-3H3. The lowest BCUT2D eigenvalue weighted by atomic mass is 10.0. The summed E-state index contributed by atoms with van der Waals surface area (Å²) < 4.78 is 0. The predicted octanol–water partition coefficient (Wildman–Crippen LogP) is 2.66. The number of unbranched alkanes of at least 4 members (excludes halogenated alkanes) is 1. The van der Waals surface area contributed by atoms with Gasteiger partial charge in [0.2, 0.25) is 5.91 Å². The van der Waals surface area contributed by atoms with Gasteiger partial charge < -0.3 is 4.90 Å². The molecular formula is C14H26N2O. The van der Waals surface area contributed by atoms with E-state index in [2.05, 4.69) is 31.0 Å². The van der Waals surface area contributed by atoms with Gasteiger partial charge in [0, 0.05) is 6.04 Å². The molecule has 0 bridgehead atoms. The second kappa shape index (κ2) is 4.97. The summed E-state index contributed by atoms with van der Waals surface area (Å²) in [4.78, 5) is 14.6. The van der Waals surface area contributed by atoms with Crippen molar-refractivity contribution in [1.29, 1.82) is 0 Å². The van der Waals surface area contributed by atoms with Crippen LogP contribution < -0.4 is 5.32 Å². The van der Waals surface area contributed by atoms with Crippen LogP contribution in [0.15, 0.2) is 0 Å². The molecule has 3 heteroatoms. The maximum Gasteiger partial charge on any atom is 0.244 e. The van der Waals surface area contributed by atoms with Crippen LogP contribution in [0, 0.1) is 0 Å². The number of rotatable bonds is 6. The third-order valence-electron chi connectivity index (χ3n) is 4.20. The Hall–Kier alpha value is -0.570. The van der Waals surface area contributed by atoms with Crippen LogP contribution in [0.3, 0.4) is 0 Å². The van der Waals surface area contributed by atoms with E-state index in [1.807, 2.05) is 0 Å². The maximum atomic E-state index is 12.4. The molecule has 1 aliphatic carbocycles. The van der Waals surface area contributed by atoms with E-state index in [0.717, 1.165) is 32.1 Å². The summed E-state index contributed by atoms with van der Waals surface area (Å²) in [6, 6.07) is 0.454. The van der Waals surface area contributed by atoms with Crippen molar-refractivity contribution in [3.8, 4) is 0 Å². The number of amides is 1. The van der Waals surface area contributed by atoms with Gasteiger partial charge in [-0.2, -0.15) is 0 Å². The minimum atomic E-state index is -0.141. The number of nitrogens with one attached hydrogen (secondary N) is 1. The van der Waals surface area contributed by atoms with E-state index in [0.29, 0.717) is 11.9 Å². The smallest absolute Gasteiger partial charge is 0.244 e. The Balaban J connectivity index is 2.04. The first-order valence-electron chi connectivity index (χ1n) is 7.25. The molecule has 1 heterocycles. The van der Waals surface area contributed by atoms with Gasteiger partial charge in [-0.3, -0.25) is 10.1 Å². The molecule has 0 aromatic rings. The Morgan fingerprint density at radius 2 is 2.06 bits per heavy atom. The summed E-state index contributed by atoms with van der Waals surface area (Å²) in [6.07, 6.45) is 8.24. The second-order valence-electron chi connectivity index (χ2n) is 5.70. The van der Waals surface area contributed by atoms with Crippen LogP contribution in [-0.2, 0) is 4.79 Å². The summed E-state index contributed by atoms with van der Waals surface area (Å²) in [5.41, 5.74) is -0.141. The summed E-state index contributed by atoms with van der Waals surface area (Å²) in [7, 11) is 0. The second-order valence-corrected chi connectivity index (χ2v) is 5.70. The SMILES string of the molecule is CCCCC(CCC)N1C(=O)C2(CC2)NC1C. The summed E-state index contributed by atoms with van der Waals surface area (Å²) >= 11 is 0. The van der Waals surface area contributed by atoms with Gasteiger partial charge in [-0.15, -0.1) is 0 Å². The van der Waals surface area contributed by atoms with E-state index in [-0.39, 0.29) is 11.7 Å². The van der Waals surface area contributed by atoms with Crippen molar-refractivity contribution in [2.75, 3.05) is 0 Å². The topological polar surface area (TPSA) is 32.3 Å². The number of nitrogens with zero attached hydrogens (tertiary/aromatic N) is 1. The molecule has 98 valence electrons. The van der Waals surface area contributed by atoms with Gasteiger partial charge in [0.1, 0.15) is 0 Å². The molecule has 2 atom stereocenters. The Kier molecular flexibility index (Phi) is 3.76. The zero-order valence-corrected chi connectivity index (χ0v) is 11.5. The third kappa shape index (κ3) is 2.35. The molecule has 1 amide bonds. The summed E-state index contributed by atoms with van der Waals surface area (Å²) in [5.74, 6) is 0.375. The molecule has 1 saturated carbocycles. The normalized spacial score (nSPS) is 27.8. The van der Waals surface area contributed by atoms with Crippen molar-refractivity contribution in [3.05, 3.63) is 0 Å². The zero-order valence-electron chi connectivity index (χ0n) is 11.5. The lowest BCUT2D eigenvalue weighted by molar-refractivity contribution is -0.133. The van der Waals surface area contributed by atoms with E-state index < -0.39 is 0 Å². The summed E-state index contributed by atoms with van der Waals surface area (Å²) in [5, 5.41) is 3.50. The highest BCUT2D eigenvalue weighted by Crippen LogP contribution is 2.43. The molecule has 2 unspecified atom stereocenters. The minimum absolute atomic E-state index is 0.141. The first-order chi connectivity index (χ1) is 8.14. The zero-order chi connectivity index (χ0) is 12.5. The van der Waals surface area contributed by atoms with E-state index in [4.69, 9.17) is 0 Å². The van der Waals surface area contributed by atoms with Crippen LogP contribution in [0.2, 0.25) is 0 Å². The van der Waals surface area contributed by atoms with Crippen LogP contribution in [0.5, 0.6) is 0 Å². The van der Waals surface area contributed by atoms with Gasteiger partial charge >= 0.3 is 0 Å². The lowest BCUT2D eigenvalue weighted by Crippen LogP contribution is -2.43. The van der Waals surface area contributed by atoms with Crippen molar-refractivity contribution in [1.82, 2.24) is 10.2 Å². The molecule has 2 rings (SSSR count). The molecule has 17 heavy (non-hydrogen) atoms. The molecule has 2 aliphatic rings. The van der Waals surface area contributed by atoms with Crippen LogP contribution in [0.4, 0.5) is 0 Å². The van der Waals surface area contributed by atoms with Gasteiger partial charge in [-0.25, -0.2) is 0 Å².